The van der Waals surface area contributed by atoms with E-state index in [0.717, 1.165) is 11.8 Å². The lowest BCUT2D eigenvalue weighted by atomic mass is 10.1. The van der Waals surface area contributed by atoms with Crippen molar-refractivity contribution in [2.75, 3.05) is 5.73 Å². The van der Waals surface area contributed by atoms with Gasteiger partial charge in [0.2, 0.25) is 16.4 Å². The van der Waals surface area contributed by atoms with Gasteiger partial charge >= 0.3 is 0 Å². The van der Waals surface area contributed by atoms with Gasteiger partial charge in [0.1, 0.15) is 0 Å². The van der Waals surface area contributed by atoms with Crippen LogP contribution in [0.25, 0.3) is 10.8 Å². The Balaban J connectivity index is 1.98. The summed E-state index contributed by atoms with van der Waals surface area (Å²) in [5.74, 6) is 0.267. The van der Waals surface area contributed by atoms with Crippen molar-refractivity contribution in [2.45, 2.75) is 11.4 Å². The van der Waals surface area contributed by atoms with E-state index < -0.39 is 10.0 Å². The fourth-order valence-electron chi connectivity index (χ4n) is 2.01. The number of nitrogen functional groups attached to an aromatic ring is 1. The Morgan fingerprint density at radius 1 is 1.24 bits per heavy atom. The van der Waals surface area contributed by atoms with E-state index in [2.05, 4.69) is 19.4 Å². The summed E-state index contributed by atoms with van der Waals surface area (Å²) in [7, 11) is -3.69. The number of fused-ring (bicyclic) bond motifs is 1. The van der Waals surface area contributed by atoms with E-state index in [4.69, 9.17) is 5.73 Å². The number of benzene rings is 2. The van der Waals surface area contributed by atoms with Crippen LogP contribution in [0, 0.1) is 0 Å². The molecule has 21 heavy (non-hydrogen) atoms. The first kappa shape index (κ1) is 13.5. The SMILES string of the molecule is Nc1ccc2c(S(=O)(=O)NCc3ncon3)cccc2c1. The van der Waals surface area contributed by atoms with Crippen LogP contribution in [0.4, 0.5) is 5.69 Å². The number of nitrogens with two attached hydrogens (primary N) is 1. The minimum atomic E-state index is -3.69. The van der Waals surface area contributed by atoms with Crippen LogP contribution in [0.5, 0.6) is 0 Å². The Labute approximate surface area is 120 Å². The molecule has 0 fully saturated rings. The molecule has 8 heteroatoms. The summed E-state index contributed by atoms with van der Waals surface area (Å²) in [4.78, 5) is 3.95. The molecule has 1 heterocycles. The van der Waals surface area contributed by atoms with Crippen LogP contribution < -0.4 is 10.5 Å². The van der Waals surface area contributed by atoms with Gasteiger partial charge in [-0.2, -0.15) is 4.98 Å². The second-order valence-corrected chi connectivity index (χ2v) is 6.14. The zero-order valence-electron chi connectivity index (χ0n) is 10.9. The van der Waals surface area contributed by atoms with E-state index in [0.29, 0.717) is 11.1 Å². The van der Waals surface area contributed by atoms with E-state index in [9.17, 15) is 8.42 Å². The Morgan fingerprint density at radius 2 is 2.10 bits per heavy atom. The maximum absolute atomic E-state index is 12.4. The van der Waals surface area contributed by atoms with Gasteiger partial charge in [-0.25, -0.2) is 13.1 Å². The van der Waals surface area contributed by atoms with E-state index >= 15 is 0 Å². The Hall–Kier alpha value is -2.45. The smallest absolute Gasteiger partial charge is 0.241 e. The maximum atomic E-state index is 12.4. The van der Waals surface area contributed by atoms with Crippen LogP contribution in [0.1, 0.15) is 5.82 Å². The minimum absolute atomic E-state index is 0.0375. The molecule has 0 aliphatic rings. The average Bonchev–Trinajstić information content (AvgIpc) is 2.97. The van der Waals surface area contributed by atoms with Crippen molar-refractivity contribution in [1.82, 2.24) is 14.9 Å². The van der Waals surface area contributed by atoms with E-state index in [-0.39, 0.29) is 17.3 Å². The van der Waals surface area contributed by atoms with Crippen molar-refractivity contribution < 1.29 is 12.9 Å². The highest BCUT2D eigenvalue weighted by molar-refractivity contribution is 7.89. The van der Waals surface area contributed by atoms with Crippen molar-refractivity contribution in [2.24, 2.45) is 0 Å². The van der Waals surface area contributed by atoms with Crippen LogP contribution >= 0.6 is 0 Å². The summed E-state index contributed by atoms with van der Waals surface area (Å²) < 4.78 is 31.8. The lowest BCUT2D eigenvalue weighted by Gasteiger charge is -2.09. The predicted molar refractivity (Wildman–Crippen MR) is 76.7 cm³/mol. The summed E-state index contributed by atoms with van der Waals surface area (Å²) in [6.45, 7) is -0.0375. The molecule has 7 nitrogen and oxygen atoms in total. The largest absolute Gasteiger partial charge is 0.399 e. The fourth-order valence-corrected chi connectivity index (χ4v) is 3.22. The lowest BCUT2D eigenvalue weighted by molar-refractivity contribution is 0.409. The topological polar surface area (TPSA) is 111 Å². The predicted octanol–water partition coefficient (Wildman–Crippen LogP) is 1.28. The number of rotatable bonds is 4. The van der Waals surface area contributed by atoms with Gasteiger partial charge in [-0.3, -0.25) is 0 Å². The molecule has 2 aromatic carbocycles. The van der Waals surface area contributed by atoms with Gasteiger partial charge in [-0.1, -0.05) is 23.4 Å². The monoisotopic (exact) mass is 304 g/mol. The van der Waals surface area contributed by atoms with Gasteiger partial charge in [0.25, 0.3) is 0 Å². The van der Waals surface area contributed by atoms with Gasteiger partial charge in [0, 0.05) is 11.1 Å². The third kappa shape index (κ3) is 2.71. The molecular weight excluding hydrogens is 292 g/mol. The first-order valence-electron chi connectivity index (χ1n) is 6.09. The van der Waals surface area contributed by atoms with Crippen molar-refractivity contribution >= 4 is 26.5 Å². The number of hydrogen-bond acceptors (Lipinski definition) is 6. The molecule has 0 unspecified atom stereocenters. The van der Waals surface area contributed by atoms with E-state index in [1.54, 1.807) is 24.3 Å². The van der Waals surface area contributed by atoms with Crippen LogP contribution in [0.3, 0.4) is 0 Å². The highest BCUT2D eigenvalue weighted by Crippen LogP contribution is 2.24. The molecule has 1 aromatic heterocycles. The quantitative estimate of drug-likeness (QED) is 0.702. The summed E-state index contributed by atoms with van der Waals surface area (Å²) >= 11 is 0. The molecule has 108 valence electrons. The van der Waals surface area contributed by atoms with Gasteiger partial charge in [-0.05, 0) is 23.6 Å². The minimum Gasteiger partial charge on any atom is -0.399 e. The standard InChI is InChI=1S/C13H12N4O3S/c14-10-4-5-11-9(6-10)2-1-3-12(11)21(18,19)16-7-13-15-8-20-17-13/h1-6,8,16H,7,14H2. The molecule has 0 aliphatic heterocycles. The van der Waals surface area contributed by atoms with E-state index in [1.165, 1.54) is 6.07 Å². The molecule has 3 aromatic rings. The number of sulfonamides is 1. The first-order valence-corrected chi connectivity index (χ1v) is 7.58. The highest BCUT2D eigenvalue weighted by atomic mass is 32.2. The first-order chi connectivity index (χ1) is 10.1. The van der Waals surface area contributed by atoms with Gasteiger partial charge in [-0.15, -0.1) is 0 Å². The van der Waals surface area contributed by atoms with Crippen LogP contribution in [-0.4, -0.2) is 18.6 Å². The number of aromatic nitrogens is 2. The second kappa shape index (κ2) is 5.15. The molecule has 3 N–H and O–H groups in total. The molecule has 0 saturated heterocycles. The molecule has 0 saturated carbocycles. The average molecular weight is 304 g/mol. The van der Waals surface area contributed by atoms with Crippen LogP contribution in [0.15, 0.2) is 52.2 Å². The van der Waals surface area contributed by atoms with Crippen molar-refractivity contribution in [3.63, 3.8) is 0 Å². The summed E-state index contributed by atoms with van der Waals surface area (Å²) in [6.07, 6.45) is 1.14. The third-order valence-electron chi connectivity index (χ3n) is 2.98. The maximum Gasteiger partial charge on any atom is 0.241 e. The molecule has 0 aliphatic carbocycles. The Morgan fingerprint density at radius 3 is 2.86 bits per heavy atom. The van der Waals surface area contributed by atoms with Gasteiger partial charge in [0.15, 0.2) is 5.82 Å². The Bertz CT molecular complexity index is 876. The van der Waals surface area contributed by atoms with Crippen molar-refractivity contribution in [3.05, 3.63) is 48.6 Å². The molecule has 0 radical (unpaired) electrons. The Kier molecular flexibility index (Phi) is 3.32. The molecule has 0 amide bonds. The molecule has 0 bridgehead atoms. The van der Waals surface area contributed by atoms with Crippen LogP contribution in [-0.2, 0) is 16.6 Å². The van der Waals surface area contributed by atoms with E-state index in [1.807, 2.05) is 6.07 Å². The normalized spacial score (nSPS) is 11.8. The summed E-state index contributed by atoms with van der Waals surface area (Å²) in [5.41, 5.74) is 6.29. The number of anilines is 1. The molecule has 0 spiro atoms. The third-order valence-corrected chi connectivity index (χ3v) is 4.44. The van der Waals surface area contributed by atoms with Crippen molar-refractivity contribution in [1.29, 1.82) is 0 Å². The number of hydrogen-bond donors (Lipinski definition) is 2. The van der Waals surface area contributed by atoms with Crippen LogP contribution in [0.2, 0.25) is 0 Å². The fraction of sp³-hybridized carbons (Fsp3) is 0.0769. The lowest BCUT2D eigenvalue weighted by Crippen LogP contribution is -2.24. The van der Waals surface area contributed by atoms with Crippen molar-refractivity contribution in [3.8, 4) is 0 Å². The molecule has 3 rings (SSSR count). The highest BCUT2D eigenvalue weighted by Gasteiger charge is 2.17. The molecule has 0 atom stereocenters. The number of nitrogens with zero attached hydrogens (tertiary/aromatic N) is 2. The second-order valence-electron chi connectivity index (χ2n) is 4.41. The van der Waals surface area contributed by atoms with Gasteiger partial charge in [0.05, 0.1) is 11.4 Å². The molecular formula is C13H12N4O3S. The number of nitrogens with one attached hydrogen (secondary N) is 1. The zero-order valence-corrected chi connectivity index (χ0v) is 11.7. The summed E-state index contributed by atoms with van der Waals surface area (Å²) in [5, 5.41) is 4.92. The van der Waals surface area contributed by atoms with Gasteiger partial charge < -0.3 is 10.3 Å². The zero-order chi connectivity index (χ0) is 14.9. The summed E-state index contributed by atoms with van der Waals surface area (Å²) in [6, 6.07) is 10.1.